The van der Waals surface area contributed by atoms with Gasteiger partial charge in [0.1, 0.15) is 0 Å². The summed E-state index contributed by atoms with van der Waals surface area (Å²) in [6.45, 7) is 4.92. The van der Waals surface area contributed by atoms with Crippen LogP contribution in [0.1, 0.15) is 52.4 Å². The molecule has 0 aromatic rings. The SMILES string of the molecule is CCCCCCC(CC)CN1C(=O)C=CC1=O. The summed E-state index contributed by atoms with van der Waals surface area (Å²) in [4.78, 5) is 24.2. The number of rotatable bonds is 8. The molecule has 1 aliphatic heterocycles. The Hall–Kier alpha value is -1.12. The number of amides is 2. The lowest BCUT2D eigenvalue weighted by atomic mass is 9.97. The van der Waals surface area contributed by atoms with Crippen LogP contribution in [-0.4, -0.2) is 23.3 Å². The Labute approximate surface area is 104 Å². The fraction of sp³-hybridized carbons (Fsp3) is 0.714. The third kappa shape index (κ3) is 4.33. The van der Waals surface area contributed by atoms with Crippen molar-refractivity contribution in [3.8, 4) is 0 Å². The van der Waals surface area contributed by atoms with Crippen LogP contribution in [0.15, 0.2) is 12.2 Å². The average Bonchev–Trinajstić information content (AvgIpc) is 2.64. The maximum absolute atomic E-state index is 11.4. The molecule has 0 aromatic heterocycles. The van der Waals surface area contributed by atoms with Gasteiger partial charge in [0.2, 0.25) is 0 Å². The highest BCUT2D eigenvalue weighted by Crippen LogP contribution is 2.17. The van der Waals surface area contributed by atoms with Gasteiger partial charge in [0.25, 0.3) is 11.8 Å². The first-order chi connectivity index (χ1) is 8.19. The Morgan fingerprint density at radius 2 is 1.71 bits per heavy atom. The van der Waals surface area contributed by atoms with E-state index in [1.54, 1.807) is 0 Å². The monoisotopic (exact) mass is 237 g/mol. The smallest absolute Gasteiger partial charge is 0.253 e. The lowest BCUT2D eigenvalue weighted by Gasteiger charge is -2.21. The van der Waals surface area contributed by atoms with Crippen LogP contribution in [0.3, 0.4) is 0 Å². The van der Waals surface area contributed by atoms with Crippen molar-refractivity contribution < 1.29 is 9.59 Å². The van der Waals surface area contributed by atoms with E-state index in [1.807, 2.05) is 0 Å². The van der Waals surface area contributed by atoms with Crippen molar-refractivity contribution in [3.05, 3.63) is 12.2 Å². The van der Waals surface area contributed by atoms with Crippen LogP contribution in [0, 0.1) is 5.92 Å². The summed E-state index contributed by atoms with van der Waals surface area (Å²) in [7, 11) is 0. The van der Waals surface area contributed by atoms with Crippen molar-refractivity contribution >= 4 is 11.8 Å². The Morgan fingerprint density at radius 1 is 1.06 bits per heavy atom. The second-order valence-corrected chi connectivity index (χ2v) is 4.74. The molecule has 2 amide bonds. The van der Waals surface area contributed by atoms with Gasteiger partial charge in [-0.3, -0.25) is 14.5 Å². The van der Waals surface area contributed by atoms with E-state index in [0.29, 0.717) is 12.5 Å². The van der Waals surface area contributed by atoms with Crippen LogP contribution in [0.25, 0.3) is 0 Å². The van der Waals surface area contributed by atoms with Gasteiger partial charge in [-0.1, -0.05) is 46.0 Å². The predicted octanol–water partition coefficient (Wildman–Crippen LogP) is 2.91. The molecule has 96 valence electrons. The van der Waals surface area contributed by atoms with Gasteiger partial charge in [-0.2, -0.15) is 0 Å². The summed E-state index contributed by atoms with van der Waals surface area (Å²) in [5, 5.41) is 0. The summed E-state index contributed by atoms with van der Waals surface area (Å²) in [5.74, 6) is 0.156. The molecule has 3 nitrogen and oxygen atoms in total. The second kappa shape index (κ2) is 7.25. The lowest BCUT2D eigenvalue weighted by molar-refractivity contribution is -0.137. The van der Waals surface area contributed by atoms with E-state index in [1.165, 1.54) is 42.7 Å². The minimum atomic E-state index is -0.151. The van der Waals surface area contributed by atoms with Crippen LogP contribution < -0.4 is 0 Å². The summed E-state index contributed by atoms with van der Waals surface area (Å²) in [6, 6.07) is 0. The van der Waals surface area contributed by atoms with E-state index < -0.39 is 0 Å². The maximum Gasteiger partial charge on any atom is 0.253 e. The van der Waals surface area contributed by atoms with E-state index in [4.69, 9.17) is 0 Å². The third-order valence-corrected chi connectivity index (χ3v) is 3.38. The molecule has 0 spiro atoms. The Kier molecular flexibility index (Phi) is 5.95. The number of hydrogen-bond donors (Lipinski definition) is 0. The molecule has 3 heteroatoms. The van der Waals surface area contributed by atoms with Gasteiger partial charge >= 0.3 is 0 Å². The van der Waals surface area contributed by atoms with E-state index in [9.17, 15) is 9.59 Å². The van der Waals surface area contributed by atoms with E-state index in [2.05, 4.69) is 13.8 Å². The molecule has 1 unspecified atom stereocenters. The fourth-order valence-electron chi connectivity index (χ4n) is 2.15. The van der Waals surface area contributed by atoms with Crippen LogP contribution in [0.2, 0.25) is 0 Å². The molecular weight excluding hydrogens is 214 g/mol. The first-order valence-electron chi connectivity index (χ1n) is 6.72. The zero-order valence-electron chi connectivity index (χ0n) is 10.9. The average molecular weight is 237 g/mol. The molecule has 0 aliphatic carbocycles. The summed E-state index contributed by atoms with van der Waals surface area (Å²) in [5.41, 5.74) is 0. The first kappa shape index (κ1) is 13.9. The van der Waals surface area contributed by atoms with Gasteiger partial charge in [-0.05, 0) is 12.3 Å². The first-order valence-corrected chi connectivity index (χ1v) is 6.72. The highest BCUT2D eigenvalue weighted by Gasteiger charge is 2.25. The van der Waals surface area contributed by atoms with Crippen molar-refractivity contribution in [3.63, 3.8) is 0 Å². The van der Waals surface area contributed by atoms with E-state index in [-0.39, 0.29) is 11.8 Å². The normalized spacial score (nSPS) is 16.9. The summed E-state index contributed by atoms with van der Waals surface area (Å²) >= 11 is 0. The third-order valence-electron chi connectivity index (χ3n) is 3.38. The number of nitrogens with zero attached hydrogens (tertiary/aromatic N) is 1. The van der Waals surface area contributed by atoms with Crippen molar-refractivity contribution in [1.29, 1.82) is 0 Å². The number of imide groups is 1. The Balaban J connectivity index is 2.31. The maximum atomic E-state index is 11.4. The molecule has 0 bridgehead atoms. The van der Waals surface area contributed by atoms with Gasteiger partial charge in [0.05, 0.1) is 0 Å². The molecular formula is C14H23NO2. The van der Waals surface area contributed by atoms with Crippen molar-refractivity contribution in [1.82, 2.24) is 4.90 Å². The Bertz CT molecular complexity index is 279. The lowest BCUT2D eigenvalue weighted by Crippen LogP contribution is -2.34. The molecule has 0 saturated carbocycles. The molecule has 1 atom stereocenters. The zero-order chi connectivity index (χ0) is 12.7. The highest BCUT2D eigenvalue weighted by molar-refractivity contribution is 6.12. The fourth-order valence-corrected chi connectivity index (χ4v) is 2.15. The van der Waals surface area contributed by atoms with Crippen molar-refractivity contribution in [2.75, 3.05) is 6.54 Å². The van der Waals surface area contributed by atoms with Crippen LogP contribution in [-0.2, 0) is 9.59 Å². The minimum absolute atomic E-state index is 0.151. The van der Waals surface area contributed by atoms with E-state index >= 15 is 0 Å². The van der Waals surface area contributed by atoms with Gasteiger partial charge in [0, 0.05) is 18.7 Å². The predicted molar refractivity (Wildman–Crippen MR) is 68.4 cm³/mol. The molecule has 0 N–H and O–H groups in total. The van der Waals surface area contributed by atoms with Gasteiger partial charge in [-0.15, -0.1) is 0 Å². The molecule has 1 heterocycles. The second-order valence-electron chi connectivity index (χ2n) is 4.74. The molecule has 17 heavy (non-hydrogen) atoms. The quantitative estimate of drug-likeness (QED) is 0.481. The molecule has 0 aromatic carbocycles. The van der Waals surface area contributed by atoms with Crippen molar-refractivity contribution in [2.24, 2.45) is 5.92 Å². The number of unbranched alkanes of at least 4 members (excludes halogenated alkanes) is 3. The summed E-state index contributed by atoms with van der Waals surface area (Å²) in [6.07, 6.45) is 9.86. The summed E-state index contributed by atoms with van der Waals surface area (Å²) < 4.78 is 0. The van der Waals surface area contributed by atoms with E-state index in [0.717, 1.165) is 12.8 Å². The molecule has 0 radical (unpaired) electrons. The molecule has 0 fully saturated rings. The van der Waals surface area contributed by atoms with Crippen LogP contribution in [0.4, 0.5) is 0 Å². The zero-order valence-corrected chi connectivity index (χ0v) is 10.9. The minimum Gasteiger partial charge on any atom is -0.275 e. The van der Waals surface area contributed by atoms with Gasteiger partial charge in [0.15, 0.2) is 0 Å². The number of carbonyl (C=O) groups is 2. The number of hydrogen-bond acceptors (Lipinski definition) is 2. The van der Waals surface area contributed by atoms with Gasteiger partial charge in [-0.25, -0.2) is 0 Å². The standard InChI is InChI=1S/C14H23NO2/c1-3-5-6-7-8-12(4-2)11-15-13(16)9-10-14(15)17/h9-10,12H,3-8,11H2,1-2H3. The largest absolute Gasteiger partial charge is 0.275 e. The topological polar surface area (TPSA) is 37.4 Å². The number of carbonyl (C=O) groups excluding carboxylic acids is 2. The molecule has 1 rings (SSSR count). The van der Waals surface area contributed by atoms with Gasteiger partial charge < -0.3 is 0 Å². The highest BCUT2D eigenvalue weighted by atomic mass is 16.2. The molecule has 0 saturated heterocycles. The van der Waals surface area contributed by atoms with Crippen LogP contribution >= 0.6 is 0 Å². The molecule has 1 aliphatic rings. The Morgan fingerprint density at radius 3 is 2.24 bits per heavy atom. The van der Waals surface area contributed by atoms with Crippen molar-refractivity contribution in [2.45, 2.75) is 52.4 Å². The van der Waals surface area contributed by atoms with Crippen LogP contribution in [0.5, 0.6) is 0 Å².